The number of likely N-dealkylation sites (tertiary alicyclic amines) is 1. The van der Waals surface area contributed by atoms with Gasteiger partial charge in [0.05, 0.1) is 19.1 Å². The first-order chi connectivity index (χ1) is 12.0. The van der Waals surface area contributed by atoms with Crippen molar-refractivity contribution in [1.29, 1.82) is 0 Å². The first-order valence-corrected chi connectivity index (χ1v) is 8.93. The number of ketones is 1. The van der Waals surface area contributed by atoms with Gasteiger partial charge in [-0.1, -0.05) is 0 Å². The quantitative estimate of drug-likeness (QED) is 0.691. The fraction of sp³-hybridized carbons (Fsp3) is 0.579. The molecule has 0 radical (unpaired) electrons. The highest BCUT2D eigenvalue weighted by molar-refractivity contribution is 5.96. The Morgan fingerprint density at radius 2 is 1.76 bits per heavy atom. The first-order valence-electron chi connectivity index (χ1n) is 8.93. The molecule has 0 aromatic heterocycles. The summed E-state index contributed by atoms with van der Waals surface area (Å²) in [6, 6.07) is 5.29. The second kappa shape index (κ2) is 9.42. The lowest BCUT2D eigenvalue weighted by Gasteiger charge is -2.29. The summed E-state index contributed by atoms with van der Waals surface area (Å²) in [5, 5.41) is 9.03. The van der Waals surface area contributed by atoms with Crippen LogP contribution in [0.25, 0.3) is 0 Å². The van der Waals surface area contributed by atoms with E-state index in [2.05, 4.69) is 4.90 Å². The van der Waals surface area contributed by atoms with Gasteiger partial charge in [-0.2, -0.15) is 0 Å². The van der Waals surface area contributed by atoms with Gasteiger partial charge in [-0.3, -0.25) is 9.59 Å². The standard InChI is InChI=1S/C19H27NO5/c1-3-24-17-6-5-15(13-18(17)25-4-2)16(21)9-12-20-10-7-14(8-11-20)19(22)23/h5-6,13-14H,3-4,7-12H2,1-2H3,(H,22,23). The van der Waals surface area contributed by atoms with Crippen molar-refractivity contribution >= 4 is 11.8 Å². The Morgan fingerprint density at radius 3 is 2.36 bits per heavy atom. The minimum atomic E-state index is -0.714. The lowest BCUT2D eigenvalue weighted by atomic mass is 9.97. The molecule has 2 rings (SSSR count). The topological polar surface area (TPSA) is 76.1 Å². The van der Waals surface area contributed by atoms with Crippen molar-refractivity contribution in [2.24, 2.45) is 5.92 Å². The number of hydrogen-bond acceptors (Lipinski definition) is 5. The number of carbonyl (C=O) groups is 2. The molecular weight excluding hydrogens is 322 g/mol. The molecule has 0 spiro atoms. The highest BCUT2D eigenvalue weighted by atomic mass is 16.5. The maximum atomic E-state index is 12.5. The van der Waals surface area contributed by atoms with Crippen LogP contribution in [0.1, 0.15) is 43.5 Å². The second-order valence-corrected chi connectivity index (χ2v) is 6.15. The van der Waals surface area contributed by atoms with E-state index in [1.54, 1.807) is 18.2 Å². The molecule has 1 saturated heterocycles. The number of benzene rings is 1. The van der Waals surface area contributed by atoms with E-state index in [9.17, 15) is 9.59 Å². The van der Waals surface area contributed by atoms with E-state index in [0.717, 1.165) is 13.1 Å². The van der Waals surface area contributed by atoms with Gasteiger partial charge in [0.1, 0.15) is 0 Å². The Kier molecular flexibility index (Phi) is 7.25. The first kappa shape index (κ1) is 19.2. The lowest BCUT2D eigenvalue weighted by molar-refractivity contribution is -0.143. The van der Waals surface area contributed by atoms with Crippen molar-refractivity contribution in [3.8, 4) is 11.5 Å². The van der Waals surface area contributed by atoms with Crippen LogP contribution in [0, 0.1) is 5.92 Å². The number of aliphatic carboxylic acids is 1. The van der Waals surface area contributed by atoms with E-state index in [1.165, 1.54) is 0 Å². The van der Waals surface area contributed by atoms with Crippen molar-refractivity contribution in [3.05, 3.63) is 23.8 Å². The molecule has 0 unspecified atom stereocenters. The summed E-state index contributed by atoms with van der Waals surface area (Å²) >= 11 is 0. The van der Waals surface area contributed by atoms with Gasteiger partial charge in [-0.25, -0.2) is 0 Å². The van der Waals surface area contributed by atoms with Crippen molar-refractivity contribution < 1.29 is 24.2 Å². The van der Waals surface area contributed by atoms with Gasteiger partial charge in [0, 0.05) is 18.5 Å². The van der Waals surface area contributed by atoms with E-state index in [4.69, 9.17) is 14.6 Å². The van der Waals surface area contributed by atoms with E-state index in [1.807, 2.05) is 13.8 Å². The Labute approximate surface area is 148 Å². The molecule has 6 heteroatoms. The molecule has 0 amide bonds. The summed E-state index contributed by atoms with van der Waals surface area (Å²) < 4.78 is 11.1. The molecule has 0 saturated carbocycles. The SMILES string of the molecule is CCOc1ccc(C(=O)CCN2CCC(C(=O)O)CC2)cc1OCC. The molecule has 0 atom stereocenters. The molecule has 0 bridgehead atoms. The molecule has 1 aromatic carbocycles. The number of hydrogen-bond donors (Lipinski definition) is 1. The molecule has 1 heterocycles. The van der Waals surface area contributed by atoms with Crippen LogP contribution in [0.4, 0.5) is 0 Å². The Balaban J connectivity index is 1.90. The minimum absolute atomic E-state index is 0.0596. The average molecular weight is 349 g/mol. The maximum Gasteiger partial charge on any atom is 0.306 e. The van der Waals surface area contributed by atoms with Crippen molar-refractivity contribution in [2.45, 2.75) is 33.1 Å². The van der Waals surface area contributed by atoms with E-state index < -0.39 is 5.97 Å². The van der Waals surface area contributed by atoms with Gasteiger partial charge in [0.15, 0.2) is 17.3 Å². The predicted molar refractivity (Wildman–Crippen MR) is 94.5 cm³/mol. The molecule has 1 aliphatic rings. The van der Waals surface area contributed by atoms with Gasteiger partial charge >= 0.3 is 5.97 Å². The number of piperidine rings is 1. The fourth-order valence-corrected chi connectivity index (χ4v) is 3.03. The number of carbonyl (C=O) groups excluding carboxylic acids is 1. The largest absolute Gasteiger partial charge is 0.490 e. The molecular formula is C19H27NO5. The van der Waals surface area contributed by atoms with Crippen LogP contribution < -0.4 is 9.47 Å². The molecule has 1 N–H and O–H groups in total. The monoisotopic (exact) mass is 349 g/mol. The number of carboxylic acids is 1. The van der Waals surface area contributed by atoms with Crippen molar-refractivity contribution in [3.63, 3.8) is 0 Å². The number of carboxylic acid groups (broad SMARTS) is 1. The third-order valence-corrected chi connectivity index (χ3v) is 4.46. The van der Waals surface area contributed by atoms with E-state index in [-0.39, 0.29) is 11.7 Å². The van der Waals surface area contributed by atoms with Gasteiger partial charge < -0.3 is 19.5 Å². The molecule has 138 valence electrons. The summed E-state index contributed by atoms with van der Waals surface area (Å²) in [6.45, 7) is 6.97. The van der Waals surface area contributed by atoms with Crippen LogP contribution in [0.3, 0.4) is 0 Å². The van der Waals surface area contributed by atoms with Crippen LogP contribution in [0.5, 0.6) is 11.5 Å². The van der Waals surface area contributed by atoms with Crippen LogP contribution in [0.15, 0.2) is 18.2 Å². The highest BCUT2D eigenvalue weighted by Crippen LogP contribution is 2.29. The second-order valence-electron chi connectivity index (χ2n) is 6.15. The Hall–Kier alpha value is -2.08. The minimum Gasteiger partial charge on any atom is -0.490 e. The number of ether oxygens (including phenoxy) is 2. The zero-order chi connectivity index (χ0) is 18.2. The summed E-state index contributed by atoms with van der Waals surface area (Å²) in [4.78, 5) is 25.6. The third-order valence-electron chi connectivity index (χ3n) is 4.46. The van der Waals surface area contributed by atoms with Gasteiger partial charge in [-0.05, 0) is 58.0 Å². The van der Waals surface area contributed by atoms with E-state index >= 15 is 0 Å². The predicted octanol–water partition coefficient (Wildman–Crippen LogP) is 2.85. The third kappa shape index (κ3) is 5.46. The zero-order valence-corrected chi connectivity index (χ0v) is 15.0. The van der Waals surface area contributed by atoms with Gasteiger partial charge in [-0.15, -0.1) is 0 Å². The summed E-state index contributed by atoms with van der Waals surface area (Å²) in [7, 11) is 0. The summed E-state index contributed by atoms with van der Waals surface area (Å²) in [5.41, 5.74) is 0.618. The number of Topliss-reactive ketones (excluding diaryl/α,β-unsaturated/α-hetero) is 1. The van der Waals surface area contributed by atoms with Crippen molar-refractivity contribution in [1.82, 2.24) is 4.90 Å². The molecule has 25 heavy (non-hydrogen) atoms. The molecule has 1 fully saturated rings. The molecule has 0 aliphatic carbocycles. The number of nitrogens with zero attached hydrogens (tertiary/aromatic N) is 1. The van der Waals surface area contributed by atoms with Crippen LogP contribution in [-0.4, -0.2) is 54.6 Å². The molecule has 6 nitrogen and oxygen atoms in total. The van der Waals surface area contributed by atoms with Crippen molar-refractivity contribution in [2.75, 3.05) is 32.8 Å². The van der Waals surface area contributed by atoms with Gasteiger partial charge in [0.25, 0.3) is 0 Å². The normalized spacial score (nSPS) is 15.8. The Morgan fingerprint density at radius 1 is 1.12 bits per heavy atom. The zero-order valence-electron chi connectivity index (χ0n) is 15.0. The van der Waals surface area contributed by atoms with Crippen LogP contribution >= 0.6 is 0 Å². The number of rotatable bonds is 9. The lowest BCUT2D eigenvalue weighted by Crippen LogP contribution is -2.37. The van der Waals surface area contributed by atoms with Crippen LogP contribution in [-0.2, 0) is 4.79 Å². The summed E-state index contributed by atoms with van der Waals surface area (Å²) in [6.07, 6.45) is 1.72. The van der Waals surface area contributed by atoms with Crippen LogP contribution in [0.2, 0.25) is 0 Å². The Bertz CT molecular complexity index is 593. The summed E-state index contributed by atoms with van der Waals surface area (Å²) in [5.74, 6) is 0.346. The molecule has 1 aromatic rings. The van der Waals surface area contributed by atoms with E-state index in [0.29, 0.717) is 56.1 Å². The maximum absolute atomic E-state index is 12.5. The average Bonchev–Trinajstić information content (AvgIpc) is 2.62. The fourth-order valence-electron chi connectivity index (χ4n) is 3.03. The highest BCUT2D eigenvalue weighted by Gasteiger charge is 2.24. The molecule has 1 aliphatic heterocycles. The smallest absolute Gasteiger partial charge is 0.306 e. The van der Waals surface area contributed by atoms with Gasteiger partial charge in [0.2, 0.25) is 0 Å².